The fraction of sp³-hybridized carbons (Fsp3) is 0.375. The van der Waals surface area contributed by atoms with Crippen LogP contribution in [-0.4, -0.2) is 12.4 Å². The van der Waals surface area contributed by atoms with Crippen molar-refractivity contribution in [2.24, 2.45) is 10.9 Å². The maximum absolute atomic E-state index is 4.31. The van der Waals surface area contributed by atoms with Gasteiger partial charge in [0, 0.05) is 12.1 Å². The topological polar surface area (TPSA) is 24.4 Å². The summed E-state index contributed by atoms with van der Waals surface area (Å²) in [5.74, 6) is 0.491. The van der Waals surface area contributed by atoms with E-state index in [0.717, 1.165) is 0 Å². The minimum atomic E-state index is 0.281. The highest BCUT2D eigenvalue weighted by Crippen LogP contribution is 2.19. The number of aliphatic imine (C=N–C) groups is 1. The molecule has 0 saturated carbocycles. The van der Waals surface area contributed by atoms with Crippen molar-refractivity contribution in [3.05, 3.63) is 23.9 Å². The van der Waals surface area contributed by atoms with Crippen molar-refractivity contribution < 1.29 is 0 Å². The standard InChI is InChI=1S/C8H10N2/c1-6-4-7-2-3-9-8(7)10-5-6/h2-5,7-9H,1H3/t7?,8-/m1/s1. The molecule has 1 unspecified atom stereocenters. The number of hydrogen-bond acceptors (Lipinski definition) is 2. The Morgan fingerprint density at radius 3 is 3.40 bits per heavy atom. The molecule has 10 heavy (non-hydrogen) atoms. The Bertz CT molecular complexity index is 225. The molecule has 0 spiro atoms. The molecular formula is C8H10N2. The lowest BCUT2D eigenvalue weighted by Crippen LogP contribution is -2.25. The Labute approximate surface area is 60.3 Å². The number of nitrogens with zero attached hydrogens (tertiary/aromatic N) is 1. The van der Waals surface area contributed by atoms with E-state index in [4.69, 9.17) is 0 Å². The van der Waals surface area contributed by atoms with Crippen LogP contribution in [0.3, 0.4) is 0 Å². The van der Waals surface area contributed by atoms with Crippen LogP contribution in [0.4, 0.5) is 0 Å². The Morgan fingerprint density at radius 2 is 2.50 bits per heavy atom. The highest BCUT2D eigenvalue weighted by Gasteiger charge is 2.20. The van der Waals surface area contributed by atoms with Crippen LogP contribution in [0.2, 0.25) is 0 Å². The molecule has 0 aromatic carbocycles. The lowest BCUT2D eigenvalue weighted by Gasteiger charge is -2.16. The van der Waals surface area contributed by atoms with Gasteiger partial charge in [-0.25, -0.2) is 0 Å². The third-order valence-electron chi connectivity index (χ3n) is 1.84. The van der Waals surface area contributed by atoms with E-state index in [9.17, 15) is 0 Å². The minimum Gasteiger partial charge on any atom is -0.369 e. The van der Waals surface area contributed by atoms with Crippen LogP contribution >= 0.6 is 0 Å². The highest BCUT2D eigenvalue weighted by molar-refractivity contribution is 5.79. The Balaban J connectivity index is 2.26. The number of nitrogens with one attached hydrogen (secondary N) is 1. The largest absolute Gasteiger partial charge is 0.369 e. The third-order valence-corrected chi connectivity index (χ3v) is 1.84. The van der Waals surface area contributed by atoms with Gasteiger partial charge in [-0.15, -0.1) is 0 Å². The first-order chi connectivity index (χ1) is 4.86. The molecule has 2 nitrogen and oxygen atoms in total. The molecular weight excluding hydrogens is 124 g/mol. The van der Waals surface area contributed by atoms with Gasteiger partial charge in [0.15, 0.2) is 0 Å². The summed E-state index contributed by atoms with van der Waals surface area (Å²) in [4.78, 5) is 4.31. The number of allylic oxidation sites excluding steroid dienone is 1. The van der Waals surface area contributed by atoms with Crippen molar-refractivity contribution in [2.75, 3.05) is 0 Å². The first-order valence-corrected chi connectivity index (χ1v) is 3.50. The molecule has 2 atom stereocenters. The van der Waals surface area contributed by atoms with Gasteiger partial charge in [-0.1, -0.05) is 12.2 Å². The van der Waals surface area contributed by atoms with Crippen LogP contribution in [0.5, 0.6) is 0 Å². The fourth-order valence-electron chi connectivity index (χ4n) is 1.32. The lowest BCUT2D eigenvalue weighted by molar-refractivity contribution is 0.569. The predicted molar refractivity (Wildman–Crippen MR) is 41.8 cm³/mol. The SMILES string of the molecule is CC1=CC2C=CN[C@@H]2N=C1. The molecule has 2 rings (SSSR count). The average Bonchev–Trinajstić information content (AvgIpc) is 2.33. The molecule has 2 aliphatic rings. The van der Waals surface area contributed by atoms with E-state index >= 15 is 0 Å². The number of dihydropyridines is 1. The number of hydrogen-bond donors (Lipinski definition) is 1. The summed E-state index contributed by atoms with van der Waals surface area (Å²) in [7, 11) is 0. The van der Waals surface area contributed by atoms with Gasteiger partial charge in [-0.3, -0.25) is 4.99 Å². The average molecular weight is 134 g/mol. The van der Waals surface area contributed by atoms with E-state index in [-0.39, 0.29) is 6.17 Å². The quantitative estimate of drug-likeness (QED) is 0.526. The van der Waals surface area contributed by atoms with Crippen LogP contribution in [-0.2, 0) is 0 Å². The second kappa shape index (κ2) is 1.97. The first-order valence-electron chi connectivity index (χ1n) is 3.50. The Morgan fingerprint density at radius 1 is 1.60 bits per heavy atom. The zero-order valence-corrected chi connectivity index (χ0v) is 5.91. The predicted octanol–water partition coefficient (Wildman–Crippen LogP) is 1.08. The van der Waals surface area contributed by atoms with Crippen LogP contribution in [0.1, 0.15) is 6.92 Å². The smallest absolute Gasteiger partial charge is 0.128 e. The molecule has 52 valence electrons. The minimum absolute atomic E-state index is 0.281. The van der Waals surface area contributed by atoms with Gasteiger partial charge in [0.1, 0.15) is 6.17 Å². The van der Waals surface area contributed by atoms with Gasteiger partial charge in [-0.05, 0) is 18.7 Å². The van der Waals surface area contributed by atoms with Crippen molar-refractivity contribution in [3.63, 3.8) is 0 Å². The molecule has 2 heterocycles. The lowest BCUT2D eigenvalue weighted by atomic mass is 10.0. The molecule has 0 saturated heterocycles. The van der Waals surface area contributed by atoms with Crippen molar-refractivity contribution in [1.82, 2.24) is 5.32 Å². The van der Waals surface area contributed by atoms with Gasteiger partial charge in [0.2, 0.25) is 0 Å². The highest BCUT2D eigenvalue weighted by atomic mass is 15.1. The molecule has 0 radical (unpaired) electrons. The molecule has 0 amide bonds. The summed E-state index contributed by atoms with van der Waals surface area (Å²) < 4.78 is 0. The maximum Gasteiger partial charge on any atom is 0.128 e. The van der Waals surface area contributed by atoms with Crippen LogP contribution in [0.15, 0.2) is 28.9 Å². The molecule has 2 aliphatic heterocycles. The van der Waals surface area contributed by atoms with Crippen molar-refractivity contribution in [3.8, 4) is 0 Å². The summed E-state index contributed by atoms with van der Waals surface area (Å²) in [6.07, 6.45) is 8.55. The second-order valence-electron chi connectivity index (χ2n) is 2.74. The third kappa shape index (κ3) is 0.764. The van der Waals surface area contributed by atoms with E-state index in [2.05, 4.69) is 29.4 Å². The number of rotatable bonds is 0. The van der Waals surface area contributed by atoms with Crippen molar-refractivity contribution in [1.29, 1.82) is 0 Å². The summed E-state index contributed by atoms with van der Waals surface area (Å²) in [6, 6.07) is 0. The van der Waals surface area contributed by atoms with Gasteiger partial charge < -0.3 is 5.32 Å². The molecule has 0 fully saturated rings. The summed E-state index contributed by atoms with van der Waals surface area (Å²) in [5.41, 5.74) is 1.26. The van der Waals surface area contributed by atoms with Gasteiger partial charge in [0.25, 0.3) is 0 Å². The van der Waals surface area contributed by atoms with Gasteiger partial charge >= 0.3 is 0 Å². The van der Waals surface area contributed by atoms with Crippen LogP contribution in [0.25, 0.3) is 0 Å². The molecule has 2 heteroatoms. The summed E-state index contributed by atoms with van der Waals surface area (Å²) in [6.45, 7) is 2.08. The molecule has 1 N–H and O–H groups in total. The zero-order chi connectivity index (χ0) is 6.97. The molecule has 0 aromatic rings. The molecule has 0 bridgehead atoms. The van der Waals surface area contributed by atoms with E-state index < -0.39 is 0 Å². The maximum atomic E-state index is 4.31. The summed E-state index contributed by atoms with van der Waals surface area (Å²) >= 11 is 0. The van der Waals surface area contributed by atoms with Crippen molar-refractivity contribution >= 4 is 6.21 Å². The Kier molecular flexibility index (Phi) is 1.13. The summed E-state index contributed by atoms with van der Waals surface area (Å²) in [5, 5.41) is 3.16. The zero-order valence-electron chi connectivity index (χ0n) is 5.91. The molecule has 0 aliphatic carbocycles. The van der Waals surface area contributed by atoms with Crippen LogP contribution in [0, 0.1) is 5.92 Å². The fourth-order valence-corrected chi connectivity index (χ4v) is 1.32. The van der Waals surface area contributed by atoms with Crippen molar-refractivity contribution in [2.45, 2.75) is 13.1 Å². The van der Waals surface area contributed by atoms with E-state index in [1.807, 2.05) is 12.4 Å². The number of fused-ring (bicyclic) bond motifs is 1. The van der Waals surface area contributed by atoms with Gasteiger partial charge in [0.05, 0.1) is 0 Å². The molecule has 0 aromatic heterocycles. The van der Waals surface area contributed by atoms with E-state index in [1.165, 1.54) is 5.57 Å². The van der Waals surface area contributed by atoms with Gasteiger partial charge in [-0.2, -0.15) is 0 Å². The first kappa shape index (κ1) is 5.71. The van der Waals surface area contributed by atoms with E-state index in [1.54, 1.807) is 0 Å². The monoisotopic (exact) mass is 134 g/mol. The normalized spacial score (nSPS) is 35.1. The Hall–Kier alpha value is -1.05. The van der Waals surface area contributed by atoms with E-state index in [0.29, 0.717) is 5.92 Å². The van der Waals surface area contributed by atoms with Crippen LogP contribution < -0.4 is 5.32 Å². The second-order valence-corrected chi connectivity index (χ2v) is 2.74.